The molecule has 8 nitrogen and oxygen atoms in total. The zero-order chi connectivity index (χ0) is 20.1. The normalized spacial score (nSPS) is 10.2. The molecule has 27 heavy (non-hydrogen) atoms. The Morgan fingerprint density at radius 2 is 1.93 bits per heavy atom. The number of methoxy groups -OCH3 is 1. The lowest BCUT2D eigenvalue weighted by Crippen LogP contribution is -2.35. The van der Waals surface area contributed by atoms with Crippen LogP contribution >= 0.6 is 0 Å². The maximum Gasteiger partial charge on any atom is 0.311 e. The van der Waals surface area contributed by atoms with Gasteiger partial charge < -0.3 is 15.0 Å². The van der Waals surface area contributed by atoms with Gasteiger partial charge in [0.25, 0.3) is 5.91 Å². The van der Waals surface area contributed by atoms with Crippen LogP contribution in [0.15, 0.2) is 36.4 Å². The number of rotatable bonds is 6. The largest absolute Gasteiger partial charge is 0.490 e. The van der Waals surface area contributed by atoms with Gasteiger partial charge in [0.05, 0.1) is 18.6 Å². The summed E-state index contributed by atoms with van der Waals surface area (Å²) in [7, 11) is 2.77. The summed E-state index contributed by atoms with van der Waals surface area (Å²) in [6.45, 7) is 3.65. The number of hydrogen-bond acceptors (Lipinski definition) is 5. The van der Waals surface area contributed by atoms with Gasteiger partial charge in [-0.25, -0.2) is 0 Å². The average Bonchev–Trinajstić information content (AvgIpc) is 2.64. The Kier molecular flexibility index (Phi) is 6.12. The van der Waals surface area contributed by atoms with E-state index in [1.807, 2.05) is 26.0 Å². The third-order valence-corrected chi connectivity index (χ3v) is 4.23. The fourth-order valence-electron chi connectivity index (χ4n) is 2.55. The number of ether oxygens (including phenoxy) is 1. The van der Waals surface area contributed by atoms with Crippen LogP contribution < -0.4 is 10.1 Å². The molecule has 0 saturated carbocycles. The summed E-state index contributed by atoms with van der Waals surface area (Å²) in [6, 6.07) is 9.48. The minimum Gasteiger partial charge on any atom is -0.490 e. The molecule has 142 valence electrons. The first kappa shape index (κ1) is 19.9. The molecule has 0 atom stereocenters. The van der Waals surface area contributed by atoms with Crippen LogP contribution in [0.25, 0.3) is 0 Å². The summed E-state index contributed by atoms with van der Waals surface area (Å²) >= 11 is 0. The summed E-state index contributed by atoms with van der Waals surface area (Å²) in [6.07, 6.45) is 0. The van der Waals surface area contributed by atoms with E-state index in [0.717, 1.165) is 17.2 Å². The van der Waals surface area contributed by atoms with E-state index in [0.29, 0.717) is 5.69 Å². The molecule has 8 heteroatoms. The standard InChI is InChI=1S/C19H21N3O5/c1-12-6-5-7-15(13(12)2)20-18(23)11-21(3)19(24)14-8-9-17(27-4)16(10-14)22(25)26/h5-10H,11H2,1-4H3,(H,20,23). The van der Waals surface area contributed by atoms with Crippen molar-refractivity contribution >= 4 is 23.2 Å². The molecule has 0 aliphatic carbocycles. The van der Waals surface area contributed by atoms with Crippen molar-refractivity contribution < 1.29 is 19.2 Å². The Labute approximate surface area is 156 Å². The molecular weight excluding hydrogens is 350 g/mol. The lowest BCUT2D eigenvalue weighted by Gasteiger charge is -2.18. The highest BCUT2D eigenvalue weighted by Gasteiger charge is 2.21. The van der Waals surface area contributed by atoms with Gasteiger partial charge in [-0.05, 0) is 43.2 Å². The van der Waals surface area contributed by atoms with Crippen molar-refractivity contribution in [3.8, 4) is 5.75 Å². The van der Waals surface area contributed by atoms with E-state index < -0.39 is 10.8 Å². The zero-order valence-electron chi connectivity index (χ0n) is 15.6. The van der Waals surface area contributed by atoms with Crippen molar-refractivity contribution in [2.75, 3.05) is 26.0 Å². The minimum atomic E-state index is -0.622. The molecule has 2 aromatic rings. The number of nitrogens with one attached hydrogen (secondary N) is 1. The number of aryl methyl sites for hydroxylation is 1. The first-order chi connectivity index (χ1) is 12.7. The van der Waals surface area contributed by atoms with Crippen molar-refractivity contribution in [1.82, 2.24) is 4.90 Å². The molecule has 2 aromatic carbocycles. The molecule has 0 saturated heterocycles. The predicted molar refractivity (Wildman–Crippen MR) is 101 cm³/mol. The van der Waals surface area contributed by atoms with E-state index in [9.17, 15) is 19.7 Å². The molecule has 2 amide bonds. The number of nitrogens with zero attached hydrogens (tertiary/aromatic N) is 2. The molecule has 2 rings (SSSR count). The number of amides is 2. The first-order valence-corrected chi connectivity index (χ1v) is 8.18. The SMILES string of the molecule is COc1ccc(C(=O)N(C)CC(=O)Nc2cccc(C)c2C)cc1[N+](=O)[O-]. The van der Waals surface area contributed by atoms with Gasteiger partial charge in [-0.15, -0.1) is 0 Å². The maximum absolute atomic E-state index is 12.5. The van der Waals surface area contributed by atoms with Crippen molar-refractivity contribution in [3.05, 3.63) is 63.2 Å². The summed E-state index contributed by atoms with van der Waals surface area (Å²) in [5.41, 5.74) is 2.47. The van der Waals surface area contributed by atoms with E-state index in [1.54, 1.807) is 6.07 Å². The molecule has 0 bridgehead atoms. The van der Waals surface area contributed by atoms with Crippen molar-refractivity contribution in [2.24, 2.45) is 0 Å². The van der Waals surface area contributed by atoms with Crippen molar-refractivity contribution in [1.29, 1.82) is 0 Å². The Balaban J connectivity index is 2.11. The van der Waals surface area contributed by atoms with E-state index >= 15 is 0 Å². The van der Waals surface area contributed by atoms with Crippen LogP contribution in [0, 0.1) is 24.0 Å². The van der Waals surface area contributed by atoms with Crippen LogP contribution in [-0.2, 0) is 4.79 Å². The van der Waals surface area contributed by atoms with Crippen LogP contribution in [0.4, 0.5) is 11.4 Å². The number of hydrogen-bond donors (Lipinski definition) is 1. The second-order valence-electron chi connectivity index (χ2n) is 6.10. The lowest BCUT2D eigenvalue weighted by atomic mass is 10.1. The van der Waals surface area contributed by atoms with E-state index in [2.05, 4.69) is 5.32 Å². The summed E-state index contributed by atoms with van der Waals surface area (Å²) in [4.78, 5) is 36.5. The van der Waals surface area contributed by atoms with Crippen molar-refractivity contribution in [3.63, 3.8) is 0 Å². The maximum atomic E-state index is 12.5. The molecular formula is C19H21N3O5. The zero-order valence-corrected chi connectivity index (χ0v) is 15.6. The highest BCUT2D eigenvalue weighted by molar-refractivity contribution is 6.00. The fraction of sp³-hybridized carbons (Fsp3) is 0.263. The Morgan fingerprint density at radius 3 is 2.56 bits per heavy atom. The third-order valence-electron chi connectivity index (χ3n) is 4.23. The van der Waals surface area contributed by atoms with Gasteiger partial charge in [0, 0.05) is 24.4 Å². The van der Waals surface area contributed by atoms with E-state index in [1.165, 1.54) is 31.2 Å². The van der Waals surface area contributed by atoms with Gasteiger partial charge in [0.2, 0.25) is 5.91 Å². The summed E-state index contributed by atoms with van der Waals surface area (Å²) < 4.78 is 4.92. The first-order valence-electron chi connectivity index (χ1n) is 8.18. The monoisotopic (exact) mass is 371 g/mol. The Bertz CT molecular complexity index is 895. The smallest absolute Gasteiger partial charge is 0.311 e. The van der Waals surface area contributed by atoms with Gasteiger partial charge in [-0.1, -0.05) is 12.1 Å². The van der Waals surface area contributed by atoms with Crippen LogP contribution in [0.3, 0.4) is 0 Å². The van der Waals surface area contributed by atoms with Crippen LogP contribution in [0.2, 0.25) is 0 Å². The summed E-state index contributed by atoms with van der Waals surface area (Å²) in [5.74, 6) is -0.800. The Morgan fingerprint density at radius 1 is 1.22 bits per heavy atom. The van der Waals surface area contributed by atoms with E-state index in [4.69, 9.17) is 4.74 Å². The average molecular weight is 371 g/mol. The van der Waals surface area contributed by atoms with Gasteiger partial charge >= 0.3 is 5.69 Å². The van der Waals surface area contributed by atoms with Crippen LogP contribution in [0.5, 0.6) is 5.75 Å². The van der Waals surface area contributed by atoms with Gasteiger partial charge in [-0.2, -0.15) is 0 Å². The topological polar surface area (TPSA) is 102 Å². The number of nitro groups is 1. The molecule has 0 aliphatic heterocycles. The third kappa shape index (κ3) is 4.60. The molecule has 0 aliphatic rings. The van der Waals surface area contributed by atoms with Gasteiger partial charge in [-0.3, -0.25) is 19.7 Å². The fourth-order valence-corrected chi connectivity index (χ4v) is 2.55. The van der Waals surface area contributed by atoms with Crippen LogP contribution in [0.1, 0.15) is 21.5 Å². The highest BCUT2D eigenvalue weighted by Crippen LogP contribution is 2.28. The number of likely N-dealkylation sites (N-methyl/N-ethyl adjacent to an activating group) is 1. The molecule has 1 N–H and O–H groups in total. The number of carbonyl (C=O) groups excluding carboxylic acids is 2. The van der Waals surface area contributed by atoms with Gasteiger partial charge in [0.1, 0.15) is 0 Å². The highest BCUT2D eigenvalue weighted by atomic mass is 16.6. The number of anilines is 1. The molecule has 0 unspecified atom stereocenters. The second kappa shape index (κ2) is 8.31. The second-order valence-corrected chi connectivity index (χ2v) is 6.10. The van der Waals surface area contributed by atoms with Gasteiger partial charge in [0.15, 0.2) is 5.75 Å². The lowest BCUT2D eigenvalue weighted by molar-refractivity contribution is -0.385. The molecule has 0 spiro atoms. The quantitative estimate of drug-likeness (QED) is 0.621. The number of nitro benzene ring substituents is 1. The number of carbonyl (C=O) groups is 2. The van der Waals surface area contributed by atoms with Crippen molar-refractivity contribution in [2.45, 2.75) is 13.8 Å². The van der Waals surface area contributed by atoms with Crippen LogP contribution in [-0.4, -0.2) is 42.3 Å². The predicted octanol–water partition coefficient (Wildman–Crippen LogP) is 2.93. The molecule has 0 radical (unpaired) electrons. The number of benzene rings is 2. The molecule has 0 aromatic heterocycles. The molecule has 0 fully saturated rings. The Hall–Kier alpha value is -3.42. The summed E-state index contributed by atoms with van der Waals surface area (Å²) in [5, 5.41) is 13.9. The van der Waals surface area contributed by atoms with E-state index in [-0.39, 0.29) is 29.5 Å². The minimum absolute atomic E-state index is 0.0619. The molecule has 0 heterocycles.